The Morgan fingerprint density at radius 3 is 2.61 bits per heavy atom. The van der Waals surface area contributed by atoms with Gasteiger partial charge in [0.25, 0.3) is 0 Å². The van der Waals surface area contributed by atoms with Crippen molar-refractivity contribution < 1.29 is 19.7 Å². The number of carboxylic acids is 1. The molecular formula is C22H20N2O4. The topological polar surface area (TPSA) is 84.6 Å². The van der Waals surface area contributed by atoms with Gasteiger partial charge >= 0.3 is 5.97 Å². The van der Waals surface area contributed by atoms with Gasteiger partial charge in [-0.3, -0.25) is 0 Å². The standard InChI is InChI=1S/C22H20N2O4/c1-14-7-8-20-17(9-14)18-10-19(22(26)27)23-11-21(18)24(20)12-15(25)13-28-16-5-3-2-4-6-16/h2-11,15,25H,12-13H2,1H3,(H,26,27). The van der Waals surface area contributed by atoms with Gasteiger partial charge in [-0.25, -0.2) is 9.78 Å². The molecule has 4 rings (SSSR count). The number of nitrogens with zero attached hydrogens (tertiary/aromatic N) is 2. The number of hydrogen-bond acceptors (Lipinski definition) is 4. The Morgan fingerprint density at radius 2 is 1.86 bits per heavy atom. The molecule has 4 aromatic rings. The van der Waals surface area contributed by atoms with Crippen LogP contribution in [0.4, 0.5) is 0 Å². The molecule has 0 fully saturated rings. The van der Waals surface area contributed by atoms with Gasteiger partial charge in [0.1, 0.15) is 24.2 Å². The third kappa shape index (κ3) is 3.42. The summed E-state index contributed by atoms with van der Waals surface area (Å²) in [5.41, 5.74) is 2.78. The van der Waals surface area contributed by atoms with Crippen LogP contribution in [0.3, 0.4) is 0 Å². The van der Waals surface area contributed by atoms with Crippen molar-refractivity contribution in [2.75, 3.05) is 6.61 Å². The van der Waals surface area contributed by atoms with E-state index < -0.39 is 12.1 Å². The van der Waals surface area contributed by atoms with E-state index in [1.807, 2.05) is 60.0 Å². The second kappa shape index (κ2) is 7.32. The smallest absolute Gasteiger partial charge is 0.354 e. The number of para-hydroxylation sites is 1. The number of aromatic carboxylic acids is 1. The van der Waals surface area contributed by atoms with Gasteiger partial charge < -0.3 is 19.5 Å². The number of aromatic nitrogens is 2. The Morgan fingerprint density at radius 1 is 1.11 bits per heavy atom. The second-order valence-corrected chi connectivity index (χ2v) is 6.80. The Hall–Kier alpha value is -3.38. The monoisotopic (exact) mass is 376 g/mol. The molecule has 0 bridgehead atoms. The lowest BCUT2D eigenvalue weighted by Crippen LogP contribution is -2.23. The van der Waals surface area contributed by atoms with Crippen molar-refractivity contribution in [3.8, 4) is 5.75 Å². The summed E-state index contributed by atoms with van der Waals surface area (Å²) in [6.07, 6.45) is 0.818. The molecule has 0 amide bonds. The highest BCUT2D eigenvalue weighted by Crippen LogP contribution is 2.30. The van der Waals surface area contributed by atoms with Gasteiger partial charge in [-0.1, -0.05) is 29.8 Å². The van der Waals surface area contributed by atoms with E-state index in [-0.39, 0.29) is 12.3 Å². The number of aliphatic hydroxyl groups is 1. The van der Waals surface area contributed by atoms with Crippen LogP contribution >= 0.6 is 0 Å². The summed E-state index contributed by atoms with van der Waals surface area (Å²) >= 11 is 0. The second-order valence-electron chi connectivity index (χ2n) is 6.80. The van der Waals surface area contributed by atoms with Gasteiger partial charge in [0.05, 0.1) is 18.3 Å². The van der Waals surface area contributed by atoms with Crippen molar-refractivity contribution in [1.82, 2.24) is 9.55 Å². The Bertz CT molecular complexity index is 1150. The number of fused-ring (bicyclic) bond motifs is 3. The predicted molar refractivity (Wildman–Crippen MR) is 107 cm³/mol. The van der Waals surface area contributed by atoms with Crippen LogP contribution in [-0.2, 0) is 6.54 Å². The number of aryl methyl sites for hydroxylation is 1. The largest absolute Gasteiger partial charge is 0.491 e. The van der Waals surface area contributed by atoms with E-state index >= 15 is 0 Å². The van der Waals surface area contributed by atoms with Crippen LogP contribution in [0.5, 0.6) is 5.75 Å². The predicted octanol–water partition coefficient (Wildman–Crippen LogP) is 3.64. The fraction of sp³-hybridized carbons (Fsp3) is 0.182. The molecule has 0 saturated carbocycles. The minimum absolute atomic E-state index is 0.000940. The molecule has 0 aliphatic rings. The average molecular weight is 376 g/mol. The number of carbonyl (C=O) groups is 1. The number of hydrogen-bond donors (Lipinski definition) is 2. The van der Waals surface area contributed by atoms with E-state index in [2.05, 4.69) is 4.98 Å². The van der Waals surface area contributed by atoms with Crippen molar-refractivity contribution in [3.05, 3.63) is 72.1 Å². The molecule has 6 heteroatoms. The van der Waals surface area contributed by atoms with E-state index in [4.69, 9.17) is 4.74 Å². The van der Waals surface area contributed by atoms with Crippen LogP contribution in [0.2, 0.25) is 0 Å². The van der Waals surface area contributed by atoms with Crippen LogP contribution in [-0.4, -0.2) is 38.4 Å². The van der Waals surface area contributed by atoms with Gasteiger partial charge in [0.2, 0.25) is 0 Å². The van der Waals surface area contributed by atoms with E-state index in [9.17, 15) is 15.0 Å². The Labute approximate surface area is 161 Å². The van der Waals surface area contributed by atoms with E-state index in [1.165, 1.54) is 0 Å². The summed E-state index contributed by atoms with van der Waals surface area (Å²) in [4.78, 5) is 15.4. The first kappa shape index (κ1) is 18.0. The number of benzene rings is 2. The van der Waals surface area contributed by atoms with Crippen molar-refractivity contribution >= 4 is 27.8 Å². The molecule has 0 saturated heterocycles. The average Bonchev–Trinajstić information content (AvgIpc) is 2.99. The third-order valence-corrected chi connectivity index (χ3v) is 4.70. The summed E-state index contributed by atoms with van der Waals surface area (Å²) in [7, 11) is 0. The van der Waals surface area contributed by atoms with Crippen LogP contribution in [0.25, 0.3) is 21.8 Å². The Balaban J connectivity index is 1.69. The normalized spacial score (nSPS) is 12.4. The van der Waals surface area contributed by atoms with Gasteiger partial charge in [-0.05, 0) is 37.3 Å². The molecule has 6 nitrogen and oxygen atoms in total. The SMILES string of the molecule is Cc1ccc2c(c1)c1cc(C(=O)O)ncc1n2CC(O)COc1ccccc1. The van der Waals surface area contributed by atoms with Crippen LogP contribution in [0, 0.1) is 6.92 Å². The number of pyridine rings is 1. The van der Waals surface area contributed by atoms with Gasteiger partial charge in [-0.15, -0.1) is 0 Å². The molecule has 142 valence electrons. The number of rotatable bonds is 6. The maximum Gasteiger partial charge on any atom is 0.354 e. The lowest BCUT2D eigenvalue weighted by molar-refractivity contribution is 0.0690. The number of carboxylic acid groups (broad SMARTS) is 1. The molecule has 2 heterocycles. The summed E-state index contributed by atoms with van der Waals surface area (Å²) in [6.45, 7) is 2.45. The zero-order chi connectivity index (χ0) is 19.7. The molecule has 0 radical (unpaired) electrons. The first-order chi connectivity index (χ1) is 13.5. The summed E-state index contributed by atoms with van der Waals surface area (Å²) in [6, 6.07) is 16.9. The maximum absolute atomic E-state index is 11.3. The molecular weight excluding hydrogens is 356 g/mol. The van der Waals surface area contributed by atoms with Crippen molar-refractivity contribution in [3.63, 3.8) is 0 Å². The molecule has 0 aliphatic heterocycles. The molecule has 2 aromatic carbocycles. The lowest BCUT2D eigenvalue weighted by atomic mass is 10.1. The fourth-order valence-corrected chi connectivity index (χ4v) is 3.40. The molecule has 28 heavy (non-hydrogen) atoms. The fourth-order valence-electron chi connectivity index (χ4n) is 3.40. The summed E-state index contributed by atoms with van der Waals surface area (Å²) < 4.78 is 7.61. The molecule has 2 aromatic heterocycles. The molecule has 0 spiro atoms. The molecule has 1 unspecified atom stereocenters. The van der Waals surface area contributed by atoms with Crippen LogP contribution in [0.15, 0.2) is 60.8 Å². The highest BCUT2D eigenvalue weighted by Gasteiger charge is 2.17. The van der Waals surface area contributed by atoms with Crippen LogP contribution < -0.4 is 4.74 Å². The van der Waals surface area contributed by atoms with E-state index in [1.54, 1.807) is 12.3 Å². The highest BCUT2D eigenvalue weighted by molar-refractivity contribution is 6.09. The van der Waals surface area contributed by atoms with E-state index in [0.717, 1.165) is 27.4 Å². The molecule has 2 N–H and O–H groups in total. The number of aliphatic hydroxyl groups excluding tert-OH is 1. The quantitative estimate of drug-likeness (QED) is 0.537. The van der Waals surface area contributed by atoms with Gasteiger partial charge in [-0.2, -0.15) is 0 Å². The zero-order valence-corrected chi connectivity index (χ0v) is 15.4. The van der Waals surface area contributed by atoms with Crippen molar-refractivity contribution in [2.45, 2.75) is 19.6 Å². The summed E-state index contributed by atoms with van der Waals surface area (Å²) in [5, 5.41) is 21.6. The summed E-state index contributed by atoms with van der Waals surface area (Å²) in [5.74, 6) is -0.362. The number of ether oxygens (including phenoxy) is 1. The first-order valence-corrected chi connectivity index (χ1v) is 9.01. The molecule has 1 atom stereocenters. The maximum atomic E-state index is 11.3. The van der Waals surface area contributed by atoms with Crippen molar-refractivity contribution in [1.29, 1.82) is 0 Å². The highest BCUT2D eigenvalue weighted by atomic mass is 16.5. The third-order valence-electron chi connectivity index (χ3n) is 4.70. The van der Waals surface area contributed by atoms with Crippen LogP contribution in [0.1, 0.15) is 16.1 Å². The zero-order valence-electron chi connectivity index (χ0n) is 15.4. The lowest BCUT2D eigenvalue weighted by Gasteiger charge is -2.15. The van der Waals surface area contributed by atoms with Crippen molar-refractivity contribution in [2.24, 2.45) is 0 Å². The minimum Gasteiger partial charge on any atom is -0.491 e. The van der Waals surface area contributed by atoms with Gasteiger partial charge in [0.15, 0.2) is 0 Å². The van der Waals surface area contributed by atoms with E-state index in [0.29, 0.717) is 12.3 Å². The molecule has 0 aliphatic carbocycles. The first-order valence-electron chi connectivity index (χ1n) is 9.01. The Kier molecular flexibility index (Phi) is 4.71. The minimum atomic E-state index is -1.06. The van der Waals surface area contributed by atoms with Gasteiger partial charge in [0, 0.05) is 16.3 Å².